The third-order valence-electron chi connectivity index (χ3n) is 5.92. The summed E-state index contributed by atoms with van der Waals surface area (Å²) in [5.41, 5.74) is 17.7. The Morgan fingerprint density at radius 1 is 0.842 bits per heavy atom. The fraction of sp³-hybridized carbons (Fsp3) is 0. The van der Waals surface area contributed by atoms with Gasteiger partial charge in [-0.05, 0) is 59.7 Å². The topological polar surface area (TPSA) is 149 Å². The van der Waals surface area contributed by atoms with Gasteiger partial charge in [0.25, 0.3) is 5.91 Å². The van der Waals surface area contributed by atoms with E-state index >= 15 is 0 Å². The predicted octanol–water partition coefficient (Wildman–Crippen LogP) is 4.90. The maximum absolute atomic E-state index is 12.7. The Morgan fingerprint density at radius 3 is 2.39 bits per heavy atom. The van der Waals surface area contributed by atoms with Crippen LogP contribution in [0.25, 0.3) is 33.2 Å². The van der Waals surface area contributed by atoms with Crippen LogP contribution in [0.4, 0.5) is 23.1 Å². The third-order valence-corrected chi connectivity index (χ3v) is 5.92. The fourth-order valence-corrected chi connectivity index (χ4v) is 4.08. The molecule has 0 saturated carbocycles. The number of hydrogen-bond acceptors (Lipinski definition) is 7. The molecule has 0 spiro atoms. The van der Waals surface area contributed by atoms with Crippen molar-refractivity contribution in [3.05, 3.63) is 103 Å². The molecule has 9 heteroatoms. The van der Waals surface area contributed by atoms with Crippen LogP contribution < -0.4 is 22.1 Å². The zero-order valence-electron chi connectivity index (χ0n) is 20.2. The van der Waals surface area contributed by atoms with Crippen molar-refractivity contribution in [1.82, 2.24) is 15.0 Å². The van der Waals surface area contributed by atoms with E-state index in [1.54, 1.807) is 48.8 Å². The standard InChI is InChI=1S/C29H23N7O2/c1-2-25(37)34-20-7-5-6-19(14-20)22-15-21(26(30)23-16-33-29(31)36-27(22)23)17-9-11-18(12-10-17)28(38)35-24-8-3-4-13-32-24/h2-16H,1,30H2,(H,34,37)(H2,31,33,36)(H,32,35,38). The zero-order valence-corrected chi connectivity index (χ0v) is 20.2. The van der Waals surface area contributed by atoms with E-state index in [9.17, 15) is 9.59 Å². The highest BCUT2D eigenvalue weighted by atomic mass is 16.2. The molecule has 0 atom stereocenters. The van der Waals surface area contributed by atoms with E-state index in [1.807, 2.05) is 36.4 Å². The average molecular weight is 502 g/mol. The summed E-state index contributed by atoms with van der Waals surface area (Å²) in [6.45, 7) is 3.50. The van der Waals surface area contributed by atoms with Gasteiger partial charge in [-0.25, -0.2) is 15.0 Å². The van der Waals surface area contributed by atoms with Gasteiger partial charge in [-0.1, -0.05) is 36.9 Å². The molecule has 3 aromatic carbocycles. The van der Waals surface area contributed by atoms with Crippen molar-refractivity contribution < 1.29 is 9.59 Å². The number of nitrogens with zero attached hydrogens (tertiary/aromatic N) is 3. The molecule has 2 aromatic heterocycles. The van der Waals surface area contributed by atoms with Crippen LogP contribution >= 0.6 is 0 Å². The number of carbonyl (C=O) groups is 2. The lowest BCUT2D eigenvalue weighted by molar-refractivity contribution is -0.111. The van der Waals surface area contributed by atoms with Gasteiger partial charge in [0.15, 0.2) is 0 Å². The summed E-state index contributed by atoms with van der Waals surface area (Å²) in [6.07, 6.45) is 4.41. The van der Waals surface area contributed by atoms with Crippen molar-refractivity contribution in [1.29, 1.82) is 0 Å². The van der Waals surface area contributed by atoms with Crippen LogP contribution in [0.2, 0.25) is 0 Å². The molecule has 6 N–H and O–H groups in total. The van der Waals surface area contributed by atoms with Crippen LogP contribution in [0, 0.1) is 0 Å². The van der Waals surface area contributed by atoms with E-state index in [0.29, 0.717) is 33.7 Å². The van der Waals surface area contributed by atoms with Crippen LogP contribution in [0.1, 0.15) is 10.4 Å². The minimum absolute atomic E-state index is 0.116. The van der Waals surface area contributed by atoms with Crippen molar-refractivity contribution in [3.8, 4) is 22.3 Å². The molecule has 0 radical (unpaired) electrons. The number of nitrogens with two attached hydrogens (primary N) is 2. The van der Waals surface area contributed by atoms with Gasteiger partial charge in [-0.3, -0.25) is 9.59 Å². The van der Waals surface area contributed by atoms with Crippen molar-refractivity contribution in [2.45, 2.75) is 0 Å². The molecule has 5 aromatic rings. The first-order chi connectivity index (χ1) is 18.4. The van der Waals surface area contributed by atoms with Crippen molar-refractivity contribution in [3.63, 3.8) is 0 Å². The second-order valence-electron chi connectivity index (χ2n) is 8.40. The molecule has 0 fully saturated rings. The second kappa shape index (κ2) is 10.2. The number of benzene rings is 3. The van der Waals surface area contributed by atoms with Gasteiger partial charge in [0.2, 0.25) is 11.9 Å². The Kier molecular flexibility index (Phi) is 6.48. The van der Waals surface area contributed by atoms with Crippen LogP contribution in [-0.2, 0) is 4.79 Å². The third kappa shape index (κ3) is 4.89. The monoisotopic (exact) mass is 501 g/mol. The molecule has 5 rings (SSSR count). The molecule has 38 heavy (non-hydrogen) atoms. The number of amides is 2. The number of hydrogen-bond donors (Lipinski definition) is 4. The first-order valence-corrected chi connectivity index (χ1v) is 11.6. The molecule has 2 amide bonds. The zero-order chi connectivity index (χ0) is 26.6. The largest absolute Gasteiger partial charge is 0.398 e. The number of pyridine rings is 1. The summed E-state index contributed by atoms with van der Waals surface area (Å²) in [4.78, 5) is 37.2. The fourth-order valence-electron chi connectivity index (χ4n) is 4.08. The molecule has 0 aliphatic rings. The Labute approximate surface area is 218 Å². The summed E-state index contributed by atoms with van der Waals surface area (Å²) >= 11 is 0. The molecular formula is C29H23N7O2. The van der Waals surface area contributed by atoms with E-state index in [2.05, 4.69) is 32.2 Å². The van der Waals surface area contributed by atoms with Crippen LogP contribution in [0.15, 0.2) is 97.8 Å². The first-order valence-electron chi connectivity index (χ1n) is 11.6. The summed E-state index contributed by atoms with van der Waals surface area (Å²) in [5, 5.41) is 6.17. The van der Waals surface area contributed by atoms with Gasteiger partial charge in [-0.15, -0.1) is 0 Å². The van der Waals surface area contributed by atoms with Crippen LogP contribution in [0.5, 0.6) is 0 Å². The minimum atomic E-state index is -0.316. The van der Waals surface area contributed by atoms with Crippen LogP contribution in [-0.4, -0.2) is 26.8 Å². The quantitative estimate of drug-likeness (QED) is 0.191. The normalized spacial score (nSPS) is 10.6. The van der Waals surface area contributed by atoms with E-state index in [1.165, 1.54) is 6.08 Å². The number of aromatic nitrogens is 3. The number of nitrogen functional groups attached to an aromatic ring is 2. The maximum atomic E-state index is 12.7. The van der Waals surface area contributed by atoms with Gasteiger partial charge >= 0.3 is 0 Å². The van der Waals surface area contributed by atoms with E-state index in [-0.39, 0.29) is 17.8 Å². The average Bonchev–Trinajstić information content (AvgIpc) is 2.94. The SMILES string of the molecule is C=CC(=O)Nc1cccc(-c2cc(-c3ccc(C(=O)Nc4ccccn4)cc3)c(N)c3cnc(N)nc23)c1. The highest BCUT2D eigenvalue weighted by Crippen LogP contribution is 2.39. The first kappa shape index (κ1) is 24.1. The van der Waals surface area contributed by atoms with Crippen molar-refractivity contribution in [2.24, 2.45) is 0 Å². The van der Waals surface area contributed by atoms with Gasteiger partial charge in [-0.2, -0.15) is 0 Å². The van der Waals surface area contributed by atoms with E-state index < -0.39 is 0 Å². The van der Waals surface area contributed by atoms with Crippen molar-refractivity contribution in [2.75, 3.05) is 22.1 Å². The van der Waals surface area contributed by atoms with E-state index in [0.717, 1.165) is 22.3 Å². The summed E-state index contributed by atoms with van der Waals surface area (Å²) in [5.74, 6) is -0.00510. The lowest BCUT2D eigenvalue weighted by atomic mass is 9.93. The number of rotatable bonds is 6. The molecule has 0 unspecified atom stereocenters. The Balaban J connectivity index is 1.57. The number of anilines is 4. The molecule has 0 aliphatic heterocycles. The molecule has 186 valence electrons. The minimum Gasteiger partial charge on any atom is -0.398 e. The molecular weight excluding hydrogens is 478 g/mol. The smallest absolute Gasteiger partial charge is 0.256 e. The summed E-state index contributed by atoms with van der Waals surface area (Å²) in [7, 11) is 0. The number of nitrogens with one attached hydrogen (secondary N) is 2. The Bertz CT molecular complexity index is 1680. The van der Waals surface area contributed by atoms with Gasteiger partial charge in [0.1, 0.15) is 5.82 Å². The number of fused-ring (bicyclic) bond motifs is 1. The molecule has 0 bridgehead atoms. The lowest BCUT2D eigenvalue weighted by Gasteiger charge is -2.15. The van der Waals surface area contributed by atoms with E-state index in [4.69, 9.17) is 11.5 Å². The molecule has 0 saturated heterocycles. The molecule has 9 nitrogen and oxygen atoms in total. The van der Waals surface area contributed by atoms with Gasteiger partial charge in [0, 0.05) is 40.2 Å². The lowest BCUT2D eigenvalue weighted by Crippen LogP contribution is -2.12. The second-order valence-corrected chi connectivity index (χ2v) is 8.40. The molecule has 2 heterocycles. The summed E-state index contributed by atoms with van der Waals surface area (Å²) in [6, 6.07) is 21.7. The van der Waals surface area contributed by atoms with Crippen LogP contribution in [0.3, 0.4) is 0 Å². The Hall–Kier alpha value is -5.57. The highest BCUT2D eigenvalue weighted by Gasteiger charge is 2.16. The summed E-state index contributed by atoms with van der Waals surface area (Å²) < 4.78 is 0. The maximum Gasteiger partial charge on any atom is 0.256 e. The highest BCUT2D eigenvalue weighted by molar-refractivity contribution is 6.08. The Morgan fingerprint density at radius 2 is 1.66 bits per heavy atom. The predicted molar refractivity (Wildman–Crippen MR) is 150 cm³/mol. The van der Waals surface area contributed by atoms with Gasteiger partial charge in [0.05, 0.1) is 11.2 Å². The number of carbonyl (C=O) groups excluding carboxylic acids is 2. The molecule has 0 aliphatic carbocycles. The van der Waals surface area contributed by atoms with Gasteiger partial charge < -0.3 is 22.1 Å². The van der Waals surface area contributed by atoms with Crippen molar-refractivity contribution >= 4 is 45.9 Å².